The summed E-state index contributed by atoms with van der Waals surface area (Å²) >= 11 is 5.80. The summed E-state index contributed by atoms with van der Waals surface area (Å²) in [5, 5.41) is 13.9. The molecule has 0 fully saturated rings. The van der Waals surface area contributed by atoms with Gasteiger partial charge in [-0.25, -0.2) is 4.52 Å². The number of nitrogens with zero attached hydrogens (tertiary/aromatic N) is 2. The summed E-state index contributed by atoms with van der Waals surface area (Å²) in [7, 11) is 0. The zero-order chi connectivity index (χ0) is 26.7. The van der Waals surface area contributed by atoms with Crippen molar-refractivity contribution < 1.29 is 23.1 Å². The average Bonchev–Trinajstić information content (AvgIpc) is 3.03. The number of alkyl halides is 3. The van der Waals surface area contributed by atoms with Crippen molar-refractivity contribution >= 4 is 28.5 Å². The lowest BCUT2D eigenvalue weighted by Crippen LogP contribution is -2.22. The summed E-state index contributed by atoms with van der Waals surface area (Å²) in [5.74, 6) is 0.113. The highest BCUT2D eigenvalue weighted by Gasteiger charge is 2.31. The molecule has 0 spiro atoms. The van der Waals surface area contributed by atoms with E-state index in [1.165, 1.54) is 17.1 Å². The number of pyridine rings is 1. The molecule has 2 heterocycles. The van der Waals surface area contributed by atoms with E-state index in [2.05, 4.69) is 25.5 Å². The van der Waals surface area contributed by atoms with Gasteiger partial charge in [-0.2, -0.15) is 18.3 Å². The van der Waals surface area contributed by atoms with E-state index in [1.807, 2.05) is 0 Å². The molecule has 0 radical (unpaired) electrons. The van der Waals surface area contributed by atoms with E-state index >= 15 is 0 Å². The maximum atomic E-state index is 12.9. The highest BCUT2D eigenvalue weighted by molar-refractivity contribution is 6.29. The minimum atomic E-state index is -4.40. The Balaban J connectivity index is 0.000000759. The number of rotatable bonds is 6. The fourth-order valence-electron chi connectivity index (χ4n) is 2.76. The van der Waals surface area contributed by atoms with Gasteiger partial charge in [0.2, 0.25) is 0 Å². The minimum Gasteiger partial charge on any atom is -0.390 e. The molecule has 0 saturated heterocycles. The number of allylic oxidation sites excluding steroid dienone is 5. The quantitative estimate of drug-likeness (QED) is 0.410. The van der Waals surface area contributed by atoms with Crippen molar-refractivity contribution in [3.05, 3.63) is 65.0 Å². The van der Waals surface area contributed by atoms with Crippen molar-refractivity contribution in [1.29, 1.82) is 0 Å². The number of aliphatic hydroxyl groups is 1. The standard InChI is InChI=1S/C16H14ClF3N2.C7H14O2.C3H8/c1-4-12(6-5-10(2)17)15-11(3)21-22-8-7-13(9-14(15)22)16(18,19)20;1-4-6(8)5-7(2,3)9;1-3-2/h4-9H,1H2,2-3H3;9H,4-5H2,1-3H3;3H2,1-2H3/b10-5+,12-6+;;. The molecule has 0 aromatic carbocycles. The molecular weight excluding hydrogens is 465 g/mol. The van der Waals surface area contributed by atoms with Crippen LogP contribution in [-0.2, 0) is 11.0 Å². The van der Waals surface area contributed by atoms with Gasteiger partial charge in [-0.3, -0.25) is 4.79 Å². The molecule has 0 amide bonds. The Morgan fingerprint density at radius 2 is 1.79 bits per heavy atom. The number of ketones is 1. The number of fused-ring (bicyclic) bond motifs is 1. The first-order chi connectivity index (χ1) is 15.6. The van der Waals surface area contributed by atoms with Crippen LogP contribution in [0.3, 0.4) is 0 Å². The first kappa shape index (κ1) is 31.6. The molecule has 34 heavy (non-hydrogen) atoms. The van der Waals surface area contributed by atoms with Crippen LogP contribution < -0.4 is 0 Å². The highest BCUT2D eigenvalue weighted by atomic mass is 35.5. The van der Waals surface area contributed by atoms with E-state index in [4.69, 9.17) is 16.7 Å². The van der Waals surface area contributed by atoms with E-state index in [-0.39, 0.29) is 12.2 Å². The molecule has 2 rings (SSSR count). The van der Waals surface area contributed by atoms with Crippen molar-refractivity contribution in [1.82, 2.24) is 9.61 Å². The SMILES string of the molecule is C=C/C(=C\C=C(/C)Cl)c1c(C)nn2ccc(C(F)(F)F)cc12.CCC.CCC(=O)CC(C)(C)O. The Hall–Kier alpha value is -2.38. The van der Waals surface area contributed by atoms with Crippen molar-refractivity contribution in [3.63, 3.8) is 0 Å². The summed E-state index contributed by atoms with van der Waals surface area (Å²) in [6.45, 7) is 16.5. The fourth-order valence-corrected chi connectivity index (χ4v) is 2.83. The Morgan fingerprint density at radius 3 is 2.18 bits per heavy atom. The van der Waals surface area contributed by atoms with Crippen molar-refractivity contribution in [2.24, 2.45) is 0 Å². The number of aryl methyl sites for hydroxylation is 1. The Labute approximate surface area is 205 Å². The average molecular weight is 501 g/mol. The zero-order valence-electron chi connectivity index (χ0n) is 21.1. The predicted octanol–water partition coefficient (Wildman–Crippen LogP) is 7.92. The van der Waals surface area contributed by atoms with Gasteiger partial charge in [-0.1, -0.05) is 57.5 Å². The number of carbonyl (C=O) groups is 1. The molecule has 8 heteroatoms. The second kappa shape index (κ2) is 14.1. The zero-order valence-corrected chi connectivity index (χ0v) is 21.8. The molecular formula is C26H36ClF3N2O2. The van der Waals surface area contributed by atoms with Crippen LogP contribution in [0.1, 0.15) is 77.6 Å². The molecule has 190 valence electrons. The summed E-state index contributed by atoms with van der Waals surface area (Å²) in [4.78, 5) is 10.7. The molecule has 0 atom stereocenters. The fraction of sp³-hybridized carbons (Fsp3) is 0.462. The van der Waals surface area contributed by atoms with Crippen LogP contribution in [0, 0.1) is 6.92 Å². The highest BCUT2D eigenvalue weighted by Crippen LogP contribution is 2.32. The molecule has 0 aliphatic heterocycles. The third-order valence-corrected chi connectivity index (χ3v) is 4.29. The van der Waals surface area contributed by atoms with Gasteiger partial charge in [0.05, 0.1) is 22.4 Å². The van der Waals surface area contributed by atoms with Gasteiger partial charge in [-0.15, -0.1) is 0 Å². The lowest BCUT2D eigenvalue weighted by Gasteiger charge is -2.14. The van der Waals surface area contributed by atoms with Crippen LogP contribution in [-0.4, -0.2) is 26.1 Å². The Bertz CT molecular complexity index is 1010. The number of Topliss-reactive ketones (excluding diaryl/α,β-unsaturated/α-hetero) is 1. The van der Waals surface area contributed by atoms with Crippen LogP contribution >= 0.6 is 11.6 Å². The van der Waals surface area contributed by atoms with Gasteiger partial charge < -0.3 is 5.11 Å². The third kappa shape index (κ3) is 11.2. The van der Waals surface area contributed by atoms with Crippen LogP contribution in [0.25, 0.3) is 11.1 Å². The number of hydrogen-bond acceptors (Lipinski definition) is 3. The summed E-state index contributed by atoms with van der Waals surface area (Å²) in [6, 6.07) is 2.09. The molecule has 0 bridgehead atoms. The van der Waals surface area contributed by atoms with E-state index in [1.54, 1.807) is 52.8 Å². The topological polar surface area (TPSA) is 54.6 Å². The normalized spacial score (nSPS) is 12.5. The summed E-state index contributed by atoms with van der Waals surface area (Å²) < 4.78 is 40.1. The van der Waals surface area contributed by atoms with E-state index < -0.39 is 17.3 Å². The second-order valence-electron chi connectivity index (χ2n) is 8.37. The minimum absolute atomic E-state index is 0.113. The maximum Gasteiger partial charge on any atom is 0.416 e. The molecule has 4 nitrogen and oxygen atoms in total. The van der Waals surface area contributed by atoms with E-state index in [0.717, 1.165) is 12.1 Å². The second-order valence-corrected chi connectivity index (χ2v) is 8.97. The summed E-state index contributed by atoms with van der Waals surface area (Å²) in [6.07, 6.45) is 3.88. The predicted molar refractivity (Wildman–Crippen MR) is 135 cm³/mol. The largest absolute Gasteiger partial charge is 0.416 e. The van der Waals surface area contributed by atoms with E-state index in [0.29, 0.717) is 33.8 Å². The molecule has 2 aromatic heterocycles. The van der Waals surface area contributed by atoms with Crippen LogP contribution in [0.4, 0.5) is 13.2 Å². The first-order valence-electron chi connectivity index (χ1n) is 11.1. The lowest BCUT2D eigenvalue weighted by molar-refractivity contribution is -0.137. The van der Waals surface area contributed by atoms with Crippen molar-refractivity contribution in [2.45, 2.75) is 79.5 Å². The molecule has 0 aliphatic carbocycles. The van der Waals surface area contributed by atoms with Crippen LogP contribution in [0.15, 0.2) is 48.2 Å². The number of aromatic nitrogens is 2. The van der Waals surface area contributed by atoms with Gasteiger partial charge in [0.25, 0.3) is 0 Å². The van der Waals surface area contributed by atoms with Gasteiger partial charge in [-0.05, 0) is 51.5 Å². The molecule has 1 N–H and O–H groups in total. The van der Waals surface area contributed by atoms with Gasteiger partial charge in [0, 0.05) is 29.6 Å². The Morgan fingerprint density at radius 1 is 1.24 bits per heavy atom. The molecule has 0 saturated carbocycles. The van der Waals surface area contributed by atoms with Gasteiger partial charge in [0.1, 0.15) is 5.78 Å². The molecule has 0 aliphatic rings. The third-order valence-electron chi connectivity index (χ3n) is 4.16. The van der Waals surface area contributed by atoms with Crippen LogP contribution in [0.2, 0.25) is 0 Å². The maximum absolute atomic E-state index is 12.9. The summed E-state index contributed by atoms with van der Waals surface area (Å²) in [5.41, 5.74) is 0.716. The molecule has 2 aromatic rings. The van der Waals surface area contributed by atoms with Crippen molar-refractivity contribution in [2.75, 3.05) is 0 Å². The van der Waals surface area contributed by atoms with Crippen molar-refractivity contribution in [3.8, 4) is 0 Å². The number of halogens is 4. The van der Waals surface area contributed by atoms with E-state index in [9.17, 15) is 18.0 Å². The van der Waals surface area contributed by atoms with Gasteiger partial charge in [0.15, 0.2) is 0 Å². The smallest absolute Gasteiger partial charge is 0.390 e. The lowest BCUT2D eigenvalue weighted by atomic mass is 10.0. The van der Waals surface area contributed by atoms with Gasteiger partial charge >= 0.3 is 6.18 Å². The number of hydrogen-bond donors (Lipinski definition) is 1. The Kier molecular flexibility index (Phi) is 13.1. The molecule has 0 unspecified atom stereocenters. The monoisotopic (exact) mass is 500 g/mol. The first-order valence-corrected chi connectivity index (χ1v) is 11.5. The number of carbonyl (C=O) groups excluding carboxylic acids is 1. The van der Waals surface area contributed by atoms with Crippen LogP contribution in [0.5, 0.6) is 0 Å².